The number of imidazole rings is 1. The van der Waals surface area contributed by atoms with Gasteiger partial charge in [-0.2, -0.15) is 21.6 Å². The number of halogens is 3. The van der Waals surface area contributed by atoms with E-state index < -0.39 is 43.8 Å². The van der Waals surface area contributed by atoms with E-state index in [9.17, 15) is 39.6 Å². The highest BCUT2D eigenvalue weighted by molar-refractivity contribution is 7.90. The number of fused-ring (bicyclic) bond motifs is 1. The molecule has 0 bridgehead atoms. The minimum absolute atomic E-state index is 0.0534. The number of hydrogen-bond acceptors (Lipinski definition) is 8. The zero-order valence-corrected chi connectivity index (χ0v) is 28.6. The zero-order valence-electron chi connectivity index (χ0n) is 26.9. The van der Waals surface area contributed by atoms with Crippen molar-refractivity contribution < 1.29 is 48.9 Å². The number of alkyl halides is 3. The van der Waals surface area contributed by atoms with E-state index >= 15 is 0 Å². The van der Waals surface area contributed by atoms with E-state index in [2.05, 4.69) is 4.98 Å². The van der Waals surface area contributed by atoms with Crippen LogP contribution in [0.1, 0.15) is 39.8 Å². The molecule has 5 aromatic rings. The maximum atomic E-state index is 12.8. The molecule has 0 aliphatic heterocycles. The summed E-state index contributed by atoms with van der Waals surface area (Å²) in [5, 5.41) is 0. The molecular weight excluding hydrogens is 700 g/mol. The van der Waals surface area contributed by atoms with Crippen LogP contribution in [0.15, 0.2) is 101 Å². The number of carbonyl (C=O) groups is 2. The van der Waals surface area contributed by atoms with Crippen LogP contribution >= 0.6 is 0 Å². The highest BCUT2D eigenvalue weighted by Crippen LogP contribution is 2.27. The van der Waals surface area contributed by atoms with Crippen molar-refractivity contribution in [1.82, 2.24) is 14.3 Å². The summed E-state index contributed by atoms with van der Waals surface area (Å²) in [7, 11) is -8.07. The third-order valence-electron chi connectivity index (χ3n) is 7.25. The van der Waals surface area contributed by atoms with Crippen LogP contribution in [0.5, 0.6) is 0 Å². The van der Waals surface area contributed by atoms with Gasteiger partial charge >= 0.3 is 12.3 Å². The molecule has 0 aliphatic rings. The highest BCUT2D eigenvalue weighted by Gasteiger charge is 2.39. The lowest BCUT2D eigenvalue weighted by Gasteiger charge is -2.11. The summed E-state index contributed by atoms with van der Waals surface area (Å²) < 4.78 is 101. The number of carbonyl (C=O) groups excluding carboxylic acids is 2. The highest BCUT2D eigenvalue weighted by atomic mass is 32.2. The van der Waals surface area contributed by atoms with Crippen LogP contribution in [-0.4, -0.2) is 55.6 Å². The van der Waals surface area contributed by atoms with Gasteiger partial charge in [0.2, 0.25) is 0 Å². The van der Waals surface area contributed by atoms with Crippen LogP contribution in [0, 0.1) is 13.8 Å². The molecule has 2 N–H and O–H groups in total. The molecule has 0 spiro atoms. The summed E-state index contributed by atoms with van der Waals surface area (Å²) in [6.07, 6.45) is -5.26. The van der Waals surface area contributed by atoms with Gasteiger partial charge in [-0.25, -0.2) is 22.9 Å². The standard InChI is InChI=1S/C27H24F3N3O5S.C7H8O3S/c1-3-24-31-22-16-19(25(34)27(28,29)30)8-13-23(22)33(24)20-9-6-18(7-10-20)14-15-38-26(35)32-39(36,37)21-11-4-17(2)5-12-21;1-6-2-4-7(5-3-6)11(8,9)10/h4-13,16H,3,14-15H2,1-2H3,(H,32,35);2-5H,1H3,(H,8,9,10). The maximum absolute atomic E-state index is 12.8. The molecule has 1 amide bonds. The molecule has 0 radical (unpaired) electrons. The number of sulfonamides is 1. The summed E-state index contributed by atoms with van der Waals surface area (Å²) in [5.74, 6) is -1.32. The first-order valence-corrected chi connectivity index (χ1v) is 17.8. The van der Waals surface area contributed by atoms with E-state index in [1.807, 2.05) is 25.5 Å². The van der Waals surface area contributed by atoms with Crippen molar-refractivity contribution in [3.63, 3.8) is 0 Å². The van der Waals surface area contributed by atoms with Gasteiger partial charge in [-0.3, -0.25) is 13.9 Å². The lowest BCUT2D eigenvalue weighted by atomic mass is 10.1. The van der Waals surface area contributed by atoms with Gasteiger partial charge in [0.05, 0.1) is 27.4 Å². The van der Waals surface area contributed by atoms with Gasteiger partial charge in [-0.05, 0) is 74.0 Å². The molecule has 0 saturated heterocycles. The van der Waals surface area contributed by atoms with Crippen LogP contribution in [0.2, 0.25) is 0 Å². The molecule has 264 valence electrons. The predicted molar refractivity (Wildman–Crippen MR) is 178 cm³/mol. The first-order chi connectivity index (χ1) is 23.4. The van der Waals surface area contributed by atoms with Crippen LogP contribution in [0.4, 0.5) is 18.0 Å². The molecule has 0 fully saturated rings. The van der Waals surface area contributed by atoms with E-state index in [4.69, 9.17) is 9.29 Å². The van der Waals surface area contributed by atoms with Crippen molar-refractivity contribution in [2.45, 2.75) is 49.6 Å². The average molecular weight is 732 g/mol. The van der Waals surface area contributed by atoms with Crippen LogP contribution in [0.25, 0.3) is 16.7 Å². The first-order valence-electron chi connectivity index (χ1n) is 14.9. The smallest absolute Gasteiger partial charge is 0.448 e. The van der Waals surface area contributed by atoms with Gasteiger partial charge in [0.25, 0.3) is 25.9 Å². The summed E-state index contributed by atoms with van der Waals surface area (Å²) in [5.41, 5.74) is 3.68. The summed E-state index contributed by atoms with van der Waals surface area (Å²) in [6, 6.07) is 22.8. The van der Waals surface area contributed by atoms with Gasteiger partial charge in [0.15, 0.2) is 0 Å². The topological polar surface area (TPSA) is 162 Å². The van der Waals surface area contributed by atoms with Gasteiger partial charge in [0.1, 0.15) is 5.82 Å². The number of aryl methyl sites for hydroxylation is 3. The molecule has 0 saturated carbocycles. The van der Waals surface area contributed by atoms with Crippen molar-refractivity contribution in [3.8, 4) is 5.69 Å². The zero-order chi connectivity index (χ0) is 36.9. The molecule has 1 aromatic heterocycles. The summed E-state index contributed by atoms with van der Waals surface area (Å²) >= 11 is 0. The minimum Gasteiger partial charge on any atom is -0.448 e. The van der Waals surface area contributed by atoms with E-state index in [0.29, 0.717) is 29.9 Å². The fraction of sp³-hybridized carbons (Fsp3) is 0.206. The lowest BCUT2D eigenvalue weighted by Crippen LogP contribution is -2.31. The molecular formula is C34H32F3N3O8S2. The average Bonchev–Trinajstić information content (AvgIpc) is 3.42. The Balaban J connectivity index is 0.000000435. The quantitative estimate of drug-likeness (QED) is 0.127. The third kappa shape index (κ3) is 9.55. The Morgan fingerprint density at radius 1 is 0.840 bits per heavy atom. The van der Waals surface area contributed by atoms with Gasteiger partial charge in [0, 0.05) is 24.1 Å². The Bertz CT molecular complexity index is 2220. The number of Topliss-reactive ketones (excluding diaryl/α,β-unsaturated/α-hetero) is 1. The van der Waals surface area contributed by atoms with E-state index in [0.717, 1.165) is 28.8 Å². The monoisotopic (exact) mass is 731 g/mol. The summed E-state index contributed by atoms with van der Waals surface area (Å²) in [4.78, 5) is 27.9. The number of aromatic nitrogens is 2. The lowest BCUT2D eigenvalue weighted by molar-refractivity contribution is -0.0885. The second-order valence-electron chi connectivity index (χ2n) is 11.0. The van der Waals surface area contributed by atoms with Crippen LogP contribution < -0.4 is 4.72 Å². The number of rotatable bonds is 9. The van der Waals surface area contributed by atoms with Crippen LogP contribution in [0.3, 0.4) is 0 Å². The molecule has 0 atom stereocenters. The SMILES string of the molecule is CCc1nc2cc(C(=O)C(F)(F)F)ccc2n1-c1ccc(CCOC(=O)NS(=O)(=O)c2ccc(C)cc2)cc1.Cc1ccc(S(=O)(=O)O)cc1. The number of amides is 1. The van der Waals surface area contributed by atoms with Gasteiger partial charge in [-0.15, -0.1) is 0 Å². The van der Waals surface area contributed by atoms with Crippen molar-refractivity contribution in [2.24, 2.45) is 0 Å². The van der Waals surface area contributed by atoms with Gasteiger partial charge < -0.3 is 4.74 Å². The maximum Gasteiger partial charge on any atom is 0.454 e. The number of benzene rings is 4. The third-order valence-corrected chi connectivity index (χ3v) is 9.44. The molecule has 1 heterocycles. The Hall–Kier alpha value is -5.06. The molecule has 4 aromatic carbocycles. The Morgan fingerprint density at radius 2 is 1.40 bits per heavy atom. The molecule has 5 rings (SSSR count). The summed E-state index contributed by atoms with van der Waals surface area (Å²) in [6.45, 7) is 5.44. The number of hydrogen-bond donors (Lipinski definition) is 2. The van der Waals surface area contributed by atoms with E-state index in [1.54, 1.807) is 53.1 Å². The van der Waals surface area contributed by atoms with E-state index in [-0.39, 0.29) is 21.9 Å². The first kappa shape index (κ1) is 37.8. The molecule has 0 unspecified atom stereocenters. The second-order valence-corrected chi connectivity index (χ2v) is 14.1. The predicted octanol–water partition coefficient (Wildman–Crippen LogP) is 6.54. The number of nitrogens with zero attached hydrogens (tertiary/aromatic N) is 2. The Labute approximate surface area is 286 Å². The fourth-order valence-corrected chi connectivity index (χ4v) is 6.03. The largest absolute Gasteiger partial charge is 0.454 e. The number of nitrogens with one attached hydrogen (secondary N) is 1. The number of ketones is 1. The second kappa shape index (κ2) is 15.2. The van der Waals surface area contributed by atoms with Gasteiger partial charge in [-0.1, -0.05) is 54.4 Å². The normalized spacial score (nSPS) is 11.8. The number of ether oxygens (including phenoxy) is 1. The van der Waals surface area contributed by atoms with Crippen molar-refractivity contribution in [2.75, 3.05) is 6.61 Å². The van der Waals surface area contributed by atoms with Crippen molar-refractivity contribution >= 4 is 43.1 Å². The molecule has 50 heavy (non-hydrogen) atoms. The Morgan fingerprint density at radius 3 is 1.92 bits per heavy atom. The van der Waals surface area contributed by atoms with Crippen molar-refractivity contribution in [1.29, 1.82) is 0 Å². The molecule has 0 aliphatic carbocycles. The molecule has 16 heteroatoms. The molecule has 11 nitrogen and oxygen atoms in total. The van der Waals surface area contributed by atoms with Crippen LogP contribution in [-0.2, 0) is 37.7 Å². The van der Waals surface area contributed by atoms with Crippen molar-refractivity contribution in [3.05, 3.63) is 119 Å². The van der Waals surface area contributed by atoms with E-state index in [1.165, 1.54) is 30.3 Å². The Kier molecular flexibility index (Phi) is 11.5. The fourth-order valence-electron chi connectivity index (χ4n) is 4.66. The minimum atomic E-state index is -4.97.